The molecule has 240 valence electrons. The molecule has 2 heterocycles. The number of likely N-dealkylation sites (tertiary alicyclic amines) is 1. The Labute approximate surface area is 266 Å². The van der Waals surface area contributed by atoms with E-state index in [4.69, 9.17) is 4.84 Å². The van der Waals surface area contributed by atoms with Crippen molar-refractivity contribution in [2.24, 2.45) is 11.1 Å². The van der Waals surface area contributed by atoms with Gasteiger partial charge in [0.1, 0.15) is 29.4 Å². The third kappa shape index (κ3) is 5.36. The van der Waals surface area contributed by atoms with Crippen molar-refractivity contribution in [1.82, 2.24) is 20.3 Å². The quantitative estimate of drug-likeness (QED) is 0.236. The van der Waals surface area contributed by atoms with Crippen LogP contribution in [0.4, 0.5) is 0 Å². The summed E-state index contributed by atoms with van der Waals surface area (Å²) in [4.78, 5) is 60.5. The number of fused-ring (bicyclic) bond motifs is 3. The lowest BCUT2D eigenvalue weighted by molar-refractivity contribution is -0.143. The van der Waals surface area contributed by atoms with Gasteiger partial charge >= 0.3 is 0 Å². The normalized spacial score (nSPS) is 28.0. The molecule has 2 saturated heterocycles. The predicted octanol–water partition coefficient (Wildman–Crippen LogP) is 1.74. The molecule has 0 bridgehead atoms. The Bertz CT molecular complexity index is 1740. The zero-order valence-electron chi connectivity index (χ0n) is 25.1. The van der Waals surface area contributed by atoms with Gasteiger partial charge in [0.15, 0.2) is 0 Å². The number of rotatable bonds is 9. The molecule has 0 spiro atoms. The Kier molecular flexibility index (Phi) is 7.46. The summed E-state index contributed by atoms with van der Waals surface area (Å²) >= 11 is 0. The predicted molar refractivity (Wildman–Crippen MR) is 168 cm³/mol. The zero-order chi connectivity index (χ0) is 32.2. The second kappa shape index (κ2) is 11.4. The van der Waals surface area contributed by atoms with E-state index in [9.17, 15) is 27.6 Å². The smallest absolute Gasteiger partial charge is 0.259 e. The monoisotopic (exact) mass is 645 g/mol. The summed E-state index contributed by atoms with van der Waals surface area (Å²) in [6.45, 7) is 3.78. The molecule has 3 aliphatic carbocycles. The molecule has 2 saturated carbocycles. The lowest BCUT2D eigenvalue weighted by Crippen LogP contribution is -2.58. The van der Waals surface area contributed by atoms with Gasteiger partial charge in [0.25, 0.3) is 5.91 Å². The van der Waals surface area contributed by atoms with E-state index in [1.807, 2.05) is 48.5 Å². The molecular formula is C33H35N5O7S. The fourth-order valence-corrected chi connectivity index (χ4v) is 8.16. The topological polar surface area (TPSA) is 163 Å². The number of sulfonamides is 1. The maximum Gasteiger partial charge on any atom is 0.259 e. The molecule has 12 nitrogen and oxygen atoms in total. The number of amides is 4. The minimum atomic E-state index is -3.85. The first-order valence-corrected chi connectivity index (χ1v) is 17.2. The van der Waals surface area contributed by atoms with Crippen LogP contribution < -0.4 is 15.4 Å². The zero-order valence-corrected chi connectivity index (χ0v) is 25.9. The van der Waals surface area contributed by atoms with Gasteiger partial charge in [0.2, 0.25) is 27.7 Å². The highest BCUT2D eigenvalue weighted by atomic mass is 32.2. The maximum atomic E-state index is 13.9. The minimum absolute atomic E-state index is 0.0313. The Morgan fingerprint density at radius 1 is 1.02 bits per heavy atom. The van der Waals surface area contributed by atoms with Crippen LogP contribution in [0.5, 0.6) is 0 Å². The number of hydrogen-bond donors (Lipinski definition) is 3. The molecule has 0 radical (unpaired) electrons. The highest BCUT2D eigenvalue weighted by molar-refractivity contribution is 7.91. The Morgan fingerprint density at radius 2 is 1.67 bits per heavy atom. The number of nitrogens with one attached hydrogen (secondary N) is 3. The highest BCUT2D eigenvalue weighted by Gasteiger charge is 2.62. The summed E-state index contributed by atoms with van der Waals surface area (Å²) in [5.41, 5.74) is 3.03. The van der Waals surface area contributed by atoms with Crippen molar-refractivity contribution in [3.63, 3.8) is 0 Å². The molecule has 46 heavy (non-hydrogen) atoms. The van der Waals surface area contributed by atoms with Gasteiger partial charge in [-0.05, 0) is 43.2 Å². The first kappa shape index (κ1) is 30.2. The molecule has 2 aromatic carbocycles. The molecule has 4 fully saturated rings. The highest BCUT2D eigenvalue weighted by Crippen LogP contribution is 2.45. The molecule has 5 atom stereocenters. The number of oxime groups is 1. The van der Waals surface area contributed by atoms with Gasteiger partial charge in [-0.25, -0.2) is 8.42 Å². The summed E-state index contributed by atoms with van der Waals surface area (Å²) in [6, 6.07) is 13.9. The van der Waals surface area contributed by atoms with Crippen LogP contribution in [0.15, 0.2) is 66.3 Å². The molecule has 4 amide bonds. The molecule has 0 aromatic heterocycles. The van der Waals surface area contributed by atoms with Crippen LogP contribution in [0.1, 0.15) is 56.1 Å². The average Bonchev–Trinajstić information content (AvgIpc) is 3.96. The van der Waals surface area contributed by atoms with Gasteiger partial charge in [0.05, 0.1) is 11.8 Å². The van der Waals surface area contributed by atoms with Crippen molar-refractivity contribution < 1.29 is 32.4 Å². The summed E-state index contributed by atoms with van der Waals surface area (Å²) in [6.07, 6.45) is 3.36. The molecule has 2 aliphatic heterocycles. The number of piperidine rings is 1. The molecule has 2 aromatic rings. The molecule has 3 N–H and O–H groups in total. The number of nitrogens with zero attached hydrogens (tertiary/aromatic N) is 2. The van der Waals surface area contributed by atoms with Crippen LogP contribution in [0.3, 0.4) is 0 Å². The van der Waals surface area contributed by atoms with E-state index < -0.39 is 62.6 Å². The van der Waals surface area contributed by atoms with E-state index in [1.165, 1.54) is 11.0 Å². The first-order chi connectivity index (χ1) is 22.1. The fraction of sp³-hybridized carbons (Fsp3) is 0.424. The van der Waals surface area contributed by atoms with Crippen LogP contribution in [0.25, 0.3) is 11.1 Å². The first-order valence-electron chi connectivity index (χ1n) is 15.6. The van der Waals surface area contributed by atoms with Gasteiger partial charge in [0, 0.05) is 29.9 Å². The van der Waals surface area contributed by atoms with Crippen LogP contribution in [0, 0.1) is 5.92 Å². The van der Waals surface area contributed by atoms with Crippen LogP contribution in [-0.2, 0) is 34.0 Å². The molecule has 5 aliphatic rings. The Morgan fingerprint density at radius 3 is 2.26 bits per heavy atom. The van der Waals surface area contributed by atoms with Crippen LogP contribution >= 0.6 is 0 Å². The maximum absolute atomic E-state index is 13.9. The fourth-order valence-electron chi connectivity index (χ4n) is 6.80. The number of carbonyl (C=O) groups is 4. The Balaban J connectivity index is 1.13. The summed E-state index contributed by atoms with van der Waals surface area (Å²) in [5.74, 6) is -2.56. The third-order valence-electron chi connectivity index (χ3n) is 9.57. The van der Waals surface area contributed by atoms with Gasteiger partial charge in [-0.3, -0.25) is 23.9 Å². The van der Waals surface area contributed by atoms with Crippen molar-refractivity contribution in [1.29, 1.82) is 0 Å². The second-order valence-electron chi connectivity index (χ2n) is 12.7. The van der Waals surface area contributed by atoms with Crippen molar-refractivity contribution in [2.45, 2.75) is 73.9 Å². The van der Waals surface area contributed by atoms with Crippen molar-refractivity contribution >= 4 is 39.4 Å². The number of benzene rings is 2. The Hall–Kier alpha value is -4.52. The van der Waals surface area contributed by atoms with Gasteiger partial charge in [-0.2, -0.15) is 0 Å². The largest absolute Gasteiger partial charge is 0.390 e. The summed E-state index contributed by atoms with van der Waals surface area (Å²) in [5, 5.41) is 9.42. The van der Waals surface area contributed by atoms with Gasteiger partial charge < -0.3 is 20.4 Å². The van der Waals surface area contributed by atoms with Crippen molar-refractivity contribution in [3.8, 4) is 11.1 Å². The van der Waals surface area contributed by atoms with Crippen LogP contribution in [0.2, 0.25) is 0 Å². The number of carbonyl (C=O) groups excluding carboxylic acids is 4. The molecule has 7 rings (SSSR count). The van der Waals surface area contributed by atoms with Crippen molar-refractivity contribution in [2.75, 3.05) is 6.54 Å². The van der Waals surface area contributed by atoms with Crippen molar-refractivity contribution in [3.05, 3.63) is 72.3 Å². The average molecular weight is 646 g/mol. The standard InChI is InChI=1S/C33H35N5O7S/c1-2-19-17-33(19,32(42)37-46(43,44)21-14-15-21)35-30(40)27-16-20(18-38(27)31(41)26-12-7-13-28(39)34-26)45-36-29-24-10-5-3-8-22(24)23-9-4-6-11-25(23)29/h2-6,8-11,19-21,26-27H,1,7,12-18H2,(H,34,39)(H,35,40)(H,37,42)/t19-,20-,26+,27+,33-/m1/s1. The molecule has 13 heteroatoms. The van der Waals surface area contributed by atoms with E-state index in [1.54, 1.807) is 0 Å². The minimum Gasteiger partial charge on any atom is -0.390 e. The van der Waals surface area contributed by atoms with E-state index in [2.05, 4.69) is 27.1 Å². The van der Waals surface area contributed by atoms with E-state index in [0.29, 0.717) is 37.8 Å². The SMILES string of the molecule is C=C[C@@H]1C[C@]1(NC(=O)[C@@H]1C[C@@H](ON=C2c3ccccc3-c3ccccc32)CN1C(=O)[C@@H]1CCCC(=O)N1)C(=O)NS(=O)(=O)C1CC1. The summed E-state index contributed by atoms with van der Waals surface area (Å²) < 4.78 is 27.2. The lowest BCUT2D eigenvalue weighted by atomic mass is 10.0. The lowest BCUT2D eigenvalue weighted by Gasteiger charge is -2.31. The van der Waals surface area contributed by atoms with Gasteiger partial charge in [-0.1, -0.05) is 59.8 Å². The molecule has 0 unspecified atom stereocenters. The third-order valence-corrected chi connectivity index (χ3v) is 11.4. The van der Waals surface area contributed by atoms with E-state index in [-0.39, 0.29) is 25.3 Å². The second-order valence-corrected chi connectivity index (χ2v) is 14.7. The van der Waals surface area contributed by atoms with E-state index >= 15 is 0 Å². The number of hydrogen-bond acceptors (Lipinski definition) is 8. The van der Waals surface area contributed by atoms with Gasteiger partial charge in [-0.15, -0.1) is 6.58 Å². The van der Waals surface area contributed by atoms with E-state index in [0.717, 1.165) is 22.3 Å². The van der Waals surface area contributed by atoms with Crippen LogP contribution in [-0.4, -0.2) is 78.2 Å². The summed E-state index contributed by atoms with van der Waals surface area (Å²) in [7, 11) is -3.85. The molecular weight excluding hydrogens is 610 g/mol.